The Morgan fingerprint density at radius 1 is 0.767 bits per heavy atom. The molecule has 6 nitrogen and oxygen atoms in total. The number of benzene rings is 4. The second-order valence-corrected chi connectivity index (χ2v) is 11.3. The van der Waals surface area contributed by atoms with Gasteiger partial charge in [-0.05, 0) is 66.1 Å². The summed E-state index contributed by atoms with van der Waals surface area (Å²) in [6.07, 6.45) is 6.00. The van der Waals surface area contributed by atoms with E-state index in [4.69, 9.17) is 4.98 Å². The molecule has 6 rings (SSSR count). The molecule has 0 radical (unpaired) electrons. The maximum atomic E-state index is 13.6. The number of carbonyl (C=O) groups excluding carboxylic acids is 2. The Bertz CT molecular complexity index is 1690. The fourth-order valence-electron chi connectivity index (χ4n) is 6.01. The minimum absolute atomic E-state index is 0.0482. The standard InChI is InChI=1S/C37H38N4O2/c42-36(26-28-20-22-30(23-21-28)29-12-3-1-4-13-29)38-24-10-2-5-19-35-39-32-16-7-9-18-34(32)41(35)27-37(43)40-25-11-15-31-14-6-8-17-33(31)40/h1,3-4,6-9,12-14,16-18,20-23H,2,5,10-11,15,19,24-27H2,(H,38,42). The Morgan fingerprint density at radius 2 is 1.51 bits per heavy atom. The van der Waals surface area contributed by atoms with Crippen LogP contribution in [0.1, 0.15) is 42.6 Å². The number of hydrogen-bond donors (Lipinski definition) is 1. The average molecular weight is 571 g/mol. The number of anilines is 1. The van der Waals surface area contributed by atoms with Crippen LogP contribution in [0.25, 0.3) is 22.2 Å². The number of hydrogen-bond acceptors (Lipinski definition) is 3. The lowest BCUT2D eigenvalue weighted by atomic mass is 10.0. The lowest BCUT2D eigenvalue weighted by Crippen LogP contribution is -2.38. The highest BCUT2D eigenvalue weighted by molar-refractivity contribution is 5.95. The SMILES string of the molecule is O=C(Cc1ccc(-c2ccccc2)cc1)NCCCCCc1nc2ccccc2n1CC(=O)N1CCCc2ccccc21. The van der Waals surface area contributed by atoms with Gasteiger partial charge in [0.15, 0.2) is 0 Å². The fraction of sp³-hybridized carbons (Fsp3) is 0.270. The molecule has 218 valence electrons. The van der Waals surface area contributed by atoms with Gasteiger partial charge in [-0.3, -0.25) is 9.59 Å². The number of carbonyl (C=O) groups is 2. The predicted octanol–water partition coefficient (Wildman–Crippen LogP) is 6.75. The number of rotatable bonds is 11. The zero-order valence-corrected chi connectivity index (χ0v) is 24.5. The summed E-state index contributed by atoms with van der Waals surface area (Å²) in [5.74, 6) is 1.10. The van der Waals surface area contributed by atoms with Gasteiger partial charge in [0.1, 0.15) is 12.4 Å². The van der Waals surface area contributed by atoms with Crippen molar-refractivity contribution in [3.05, 3.63) is 120 Å². The van der Waals surface area contributed by atoms with Crippen LogP contribution >= 0.6 is 0 Å². The summed E-state index contributed by atoms with van der Waals surface area (Å²) in [5, 5.41) is 3.07. The second kappa shape index (κ2) is 13.5. The summed E-state index contributed by atoms with van der Waals surface area (Å²) in [6.45, 7) is 1.69. The first kappa shape index (κ1) is 28.4. The third kappa shape index (κ3) is 6.86. The van der Waals surface area contributed by atoms with Crippen molar-refractivity contribution in [1.82, 2.24) is 14.9 Å². The molecule has 1 aliphatic heterocycles. The fourth-order valence-corrected chi connectivity index (χ4v) is 6.01. The van der Waals surface area contributed by atoms with E-state index in [0.29, 0.717) is 13.0 Å². The van der Waals surface area contributed by atoms with Crippen molar-refractivity contribution in [2.75, 3.05) is 18.0 Å². The van der Waals surface area contributed by atoms with E-state index in [-0.39, 0.29) is 18.4 Å². The highest BCUT2D eigenvalue weighted by atomic mass is 16.2. The van der Waals surface area contributed by atoms with Crippen molar-refractivity contribution >= 4 is 28.5 Å². The Kier molecular flexibility index (Phi) is 8.93. The molecule has 5 aromatic rings. The summed E-state index contributed by atoms with van der Waals surface area (Å²) >= 11 is 0. The van der Waals surface area contributed by atoms with Gasteiger partial charge in [-0.15, -0.1) is 0 Å². The molecule has 0 bridgehead atoms. The molecule has 0 fully saturated rings. The van der Waals surface area contributed by atoms with E-state index in [2.05, 4.69) is 46.3 Å². The van der Waals surface area contributed by atoms with E-state index >= 15 is 0 Å². The van der Waals surface area contributed by atoms with Gasteiger partial charge in [0.05, 0.1) is 17.5 Å². The van der Waals surface area contributed by atoms with E-state index in [1.165, 1.54) is 11.1 Å². The molecule has 0 saturated heterocycles. The first-order chi connectivity index (χ1) is 21.2. The Labute approximate surface area is 253 Å². The zero-order valence-electron chi connectivity index (χ0n) is 24.5. The van der Waals surface area contributed by atoms with Crippen LogP contribution in [0, 0.1) is 0 Å². The zero-order chi connectivity index (χ0) is 29.4. The molecule has 0 unspecified atom stereocenters. The number of unbranched alkanes of at least 4 members (excludes halogenated alkanes) is 2. The molecule has 1 aliphatic rings. The number of fused-ring (bicyclic) bond motifs is 2. The number of para-hydroxylation sites is 3. The number of nitrogens with zero attached hydrogens (tertiary/aromatic N) is 3. The third-order valence-electron chi connectivity index (χ3n) is 8.26. The molecule has 0 saturated carbocycles. The number of aryl methyl sites for hydroxylation is 2. The maximum Gasteiger partial charge on any atom is 0.246 e. The second-order valence-electron chi connectivity index (χ2n) is 11.3. The Hall–Kier alpha value is -4.71. The minimum Gasteiger partial charge on any atom is -0.356 e. The molecular formula is C37H38N4O2. The van der Waals surface area contributed by atoms with Crippen LogP contribution in [0.2, 0.25) is 0 Å². The summed E-state index contributed by atoms with van der Waals surface area (Å²) in [4.78, 5) is 32.9. The van der Waals surface area contributed by atoms with E-state index in [1.54, 1.807) is 0 Å². The maximum absolute atomic E-state index is 13.6. The van der Waals surface area contributed by atoms with Gasteiger partial charge >= 0.3 is 0 Å². The summed E-state index contributed by atoms with van der Waals surface area (Å²) < 4.78 is 2.10. The van der Waals surface area contributed by atoms with Crippen molar-refractivity contribution in [3.8, 4) is 11.1 Å². The molecule has 0 spiro atoms. The van der Waals surface area contributed by atoms with Gasteiger partial charge < -0.3 is 14.8 Å². The monoisotopic (exact) mass is 570 g/mol. The summed E-state index contributed by atoms with van der Waals surface area (Å²) in [5.41, 5.74) is 7.54. The first-order valence-corrected chi connectivity index (χ1v) is 15.4. The van der Waals surface area contributed by atoms with Crippen molar-refractivity contribution in [2.24, 2.45) is 0 Å². The third-order valence-corrected chi connectivity index (χ3v) is 8.26. The largest absolute Gasteiger partial charge is 0.356 e. The topological polar surface area (TPSA) is 67.2 Å². The lowest BCUT2D eigenvalue weighted by molar-refractivity contribution is -0.120. The van der Waals surface area contributed by atoms with Gasteiger partial charge in [-0.1, -0.05) is 91.3 Å². The van der Waals surface area contributed by atoms with E-state index in [9.17, 15) is 9.59 Å². The van der Waals surface area contributed by atoms with Gasteiger partial charge in [0, 0.05) is 25.2 Å². The predicted molar refractivity (Wildman–Crippen MR) is 173 cm³/mol. The van der Waals surface area contributed by atoms with Gasteiger partial charge in [-0.2, -0.15) is 0 Å². The van der Waals surface area contributed by atoms with Gasteiger partial charge in [0.2, 0.25) is 11.8 Å². The Balaban J connectivity index is 0.990. The average Bonchev–Trinajstić information content (AvgIpc) is 3.40. The molecule has 0 atom stereocenters. The van der Waals surface area contributed by atoms with Gasteiger partial charge in [-0.25, -0.2) is 4.98 Å². The molecule has 1 aromatic heterocycles. The van der Waals surface area contributed by atoms with Gasteiger partial charge in [0.25, 0.3) is 0 Å². The van der Waals surface area contributed by atoms with Crippen LogP contribution < -0.4 is 10.2 Å². The van der Waals surface area contributed by atoms with E-state index < -0.39 is 0 Å². The molecule has 0 aliphatic carbocycles. The van der Waals surface area contributed by atoms with E-state index in [0.717, 1.165) is 78.7 Å². The van der Waals surface area contributed by atoms with E-state index in [1.807, 2.05) is 71.6 Å². The number of amides is 2. The van der Waals surface area contributed by atoms with Crippen molar-refractivity contribution in [1.29, 1.82) is 0 Å². The summed E-state index contributed by atoms with van der Waals surface area (Å²) in [7, 11) is 0. The smallest absolute Gasteiger partial charge is 0.246 e. The number of nitrogens with one attached hydrogen (secondary N) is 1. The summed E-state index contributed by atoms with van der Waals surface area (Å²) in [6, 6.07) is 34.8. The molecule has 2 amide bonds. The first-order valence-electron chi connectivity index (χ1n) is 15.4. The highest BCUT2D eigenvalue weighted by Gasteiger charge is 2.24. The normalized spacial score (nSPS) is 12.7. The van der Waals surface area contributed by atoms with Crippen LogP contribution in [0.15, 0.2) is 103 Å². The highest BCUT2D eigenvalue weighted by Crippen LogP contribution is 2.28. The lowest BCUT2D eigenvalue weighted by Gasteiger charge is -2.29. The number of aromatic nitrogens is 2. The molecule has 6 heteroatoms. The van der Waals surface area contributed by atoms with Crippen LogP contribution in [-0.4, -0.2) is 34.5 Å². The van der Waals surface area contributed by atoms with Crippen molar-refractivity contribution in [3.63, 3.8) is 0 Å². The Morgan fingerprint density at radius 3 is 2.37 bits per heavy atom. The molecular weight excluding hydrogens is 532 g/mol. The quantitative estimate of drug-likeness (QED) is 0.179. The van der Waals surface area contributed by atoms with Crippen molar-refractivity contribution in [2.45, 2.75) is 51.5 Å². The van der Waals surface area contributed by atoms with Crippen LogP contribution in [0.4, 0.5) is 5.69 Å². The molecule has 43 heavy (non-hydrogen) atoms. The minimum atomic E-state index is 0.0482. The van der Waals surface area contributed by atoms with Crippen LogP contribution in [0.3, 0.4) is 0 Å². The van der Waals surface area contributed by atoms with Crippen molar-refractivity contribution < 1.29 is 9.59 Å². The molecule has 2 heterocycles. The number of imidazole rings is 1. The van der Waals surface area contributed by atoms with Crippen LogP contribution in [0.5, 0.6) is 0 Å². The molecule has 1 N–H and O–H groups in total. The van der Waals surface area contributed by atoms with Crippen LogP contribution in [-0.2, 0) is 35.4 Å². The molecule has 4 aromatic carbocycles.